The van der Waals surface area contributed by atoms with Gasteiger partial charge in [-0.05, 0) is 54.7 Å². The minimum absolute atomic E-state index is 0.145. The molecular formula is C24H27N3O5S. The molecule has 1 fully saturated rings. The highest BCUT2D eigenvalue weighted by atomic mass is 32.2. The smallest absolute Gasteiger partial charge is 0.261 e. The first-order chi connectivity index (χ1) is 15.7. The minimum Gasteiger partial charge on any atom is -0.348 e. The zero-order valence-electron chi connectivity index (χ0n) is 18.7. The maximum Gasteiger partial charge on any atom is 0.261 e. The van der Waals surface area contributed by atoms with Crippen molar-refractivity contribution >= 4 is 27.7 Å². The third-order valence-corrected chi connectivity index (χ3v) is 7.77. The number of rotatable bonds is 7. The van der Waals surface area contributed by atoms with E-state index >= 15 is 0 Å². The van der Waals surface area contributed by atoms with Gasteiger partial charge in [-0.1, -0.05) is 26.0 Å². The van der Waals surface area contributed by atoms with E-state index in [4.69, 9.17) is 0 Å². The van der Waals surface area contributed by atoms with Gasteiger partial charge in [0.1, 0.15) is 0 Å². The molecule has 2 aromatic rings. The van der Waals surface area contributed by atoms with Gasteiger partial charge in [0.05, 0.1) is 16.0 Å². The predicted octanol–water partition coefficient (Wildman–Crippen LogP) is 2.65. The molecule has 174 valence electrons. The van der Waals surface area contributed by atoms with Gasteiger partial charge in [-0.3, -0.25) is 19.3 Å². The SMILES string of the molecule is CC(C)CN1C(=O)c2ccc(C(=O)NCc3ccc(S(=O)(=O)N4CCCC4)cc3)cc2C1=O. The van der Waals surface area contributed by atoms with Gasteiger partial charge in [0, 0.05) is 31.7 Å². The van der Waals surface area contributed by atoms with Crippen LogP contribution in [-0.2, 0) is 16.6 Å². The summed E-state index contributed by atoms with van der Waals surface area (Å²) in [6.45, 7) is 5.48. The maximum atomic E-state index is 12.6. The van der Waals surface area contributed by atoms with Gasteiger partial charge < -0.3 is 5.32 Å². The fraction of sp³-hybridized carbons (Fsp3) is 0.375. The number of hydrogen-bond acceptors (Lipinski definition) is 5. The number of fused-ring (bicyclic) bond motifs is 1. The summed E-state index contributed by atoms with van der Waals surface area (Å²) in [6.07, 6.45) is 1.75. The van der Waals surface area contributed by atoms with E-state index in [-0.39, 0.29) is 46.2 Å². The van der Waals surface area contributed by atoms with E-state index in [0.717, 1.165) is 18.4 Å². The molecule has 2 aliphatic heterocycles. The van der Waals surface area contributed by atoms with E-state index in [1.807, 2.05) is 13.8 Å². The number of carbonyl (C=O) groups is 3. The molecule has 2 aliphatic rings. The Labute approximate surface area is 193 Å². The van der Waals surface area contributed by atoms with Crippen molar-refractivity contribution < 1.29 is 22.8 Å². The van der Waals surface area contributed by atoms with Crippen LogP contribution in [0.1, 0.15) is 63.3 Å². The van der Waals surface area contributed by atoms with E-state index in [2.05, 4.69) is 5.32 Å². The molecule has 3 amide bonds. The second kappa shape index (κ2) is 9.07. The van der Waals surface area contributed by atoms with E-state index in [9.17, 15) is 22.8 Å². The third-order valence-electron chi connectivity index (χ3n) is 5.86. The lowest BCUT2D eigenvalue weighted by Gasteiger charge is -2.15. The maximum absolute atomic E-state index is 12.6. The van der Waals surface area contributed by atoms with Gasteiger partial charge in [0.15, 0.2) is 0 Å². The first-order valence-electron chi connectivity index (χ1n) is 11.1. The van der Waals surface area contributed by atoms with Crippen LogP contribution in [0.2, 0.25) is 0 Å². The van der Waals surface area contributed by atoms with Gasteiger partial charge in [0.25, 0.3) is 17.7 Å². The van der Waals surface area contributed by atoms with Gasteiger partial charge in [0.2, 0.25) is 10.0 Å². The summed E-state index contributed by atoms with van der Waals surface area (Å²) in [7, 11) is -3.48. The Hall–Kier alpha value is -3.04. The molecule has 1 saturated heterocycles. The van der Waals surface area contributed by atoms with Crippen LogP contribution in [0.3, 0.4) is 0 Å². The molecule has 9 heteroatoms. The normalized spacial score (nSPS) is 16.5. The summed E-state index contributed by atoms with van der Waals surface area (Å²) in [5.41, 5.74) is 1.59. The second-order valence-electron chi connectivity index (χ2n) is 8.81. The molecule has 0 aromatic heterocycles. The Bertz CT molecular complexity index is 1200. The highest BCUT2D eigenvalue weighted by Gasteiger charge is 2.36. The monoisotopic (exact) mass is 469 g/mol. The molecule has 0 radical (unpaired) electrons. The summed E-state index contributed by atoms with van der Waals surface area (Å²) in [6, 6.07) is 11.0. The zero-order valence-corrected chi connectivity index (χ0v) is 19.5. The average molecular weight is 470 g/mol. The molecule has 0 atom stereocenters. The summed E-state index contributed by atoms with van der Waals surface area (Å²) < 4.78 is 26.7. The molecule has 33 heavy (non-hydrogen) atoms. The molecule has 0 bridgehead atoms. The highest BCUT2D eigenvalue weighted by molar-refractivity contribution is 7.89. The van der Waals surface area contributed by atoms with Crippen LogP contribution in [0, 0.1) is 5.92 Å². The Kier molecular flexibility index (Phi) is 6.36. The van der Waals surface area contributed by atoms with Crippen molar-refractivity contribution in [3.05, 3.63) is 64.7 Å². The molecule has 0 saturated carbocycles. The minimum atomic E-state index is -3.48. The number of nitrogens with zero attached hydrogens (tertiary/aromatic N) is 2. The predicted molar refractivity (Wildman–Crippen MR) is 122 cm³/mol. The topological polar surface area (TPSA) is 104 Å². The first kappa shape index (κ1) is 23.1. The lowest BCUT2D eigenvalue weighted by molar-refractivity contribution is 0.0636. The summed E-state index contributed by atoms with van der Waals surface area (Å²) in [5, 5.41) is 2.78. The fourth-order valence-corrected chi connectivity index (χ4v) is 5.62. The highest BCUT2D eigenvalue weighted by Crippen LogP contribution is 2.25. The molecule has 8 nitrogen and oxygen atoms in total. The summed E-state index contributed by atoms with van der Waals surface area (Å²) >= 11 is 0. The van der Waals surface area contributed by atoms with E-state index in [1.165, 1.54) is 27.4 Å². The Balaban J connectivity index is 1.41. The van der Waals surface area contributed by atoms with Crippen molar-refractivity contribution in [3.63, 3.8) is 0 Å². The van der Waals surface area contributed by atoms with Crippen LogP contribution >= 0.6 is 0 Å². The van der Waals surface area contributed by atoms with Crippen molar-refractivity contribution in [1.29, 1.82) is 0 Å². The van der Waals surface area contributed by atoms with Crippen LogP contribution in [-0.4, -0.2) is 55.0 Å². The van der Waals surface area contributed by atoms with Crippen LogP contribution in [0.4, 0.5) is 0 Å². The molecule has 2 heterocycles. The van der Waals surface area contributed by atoms with E-state index < -0.39 is 10.0 Å². The fourth-order valence-electron chi connectivity index (χ4n) is 4.10. The molecular weight excluding hydrogens is 442 g/mol. The number of imide groups is 1. The van der Waals surface area contributed by atoms with Crippen LogP contribution in [0.15, 0.2) is 47.4 Å². The van der Waals surface area contributed by atoms with Crippen molar-refractivity contribution in [3.8, 4) is 0 Å². The Morgan fingerprint density at radius 1 is 0.970 bits per heavy atom. The third kappa shape index (κ3) is 4.56. The zero-order chi connectivity index (χ0) is 23.8. The number of sulfonamides is 1. The van der Waals surface area contributed by atoms with Crippen molar-refractivity contribution in [2.24, 2.45) is 5.92 Å². The Morgan fingerprint density at radius 3 is 2.24 bits per heavy atom. The number of nitrogens with one attached hydrogen (secondary N) is 1. The summed E-state index contributed by atoms with van der Waals surface area (Å²) in [4.78, 5) is 39.2. The number of amides is 3. The van der Waals surface area contributed by atoms with Crippen LogP contribution < -0.4 is 5.32 Å². The van der Waals surface area contributed by atoms with E-state index in [0.29, 0.717) is 25.2 Å². The standard InChI is InChI=1S/C24H27N3O5S/c1-16(2)15-27-23(29)20-10-7-18(13-21(20)24(27)30)22(28)25-14-17-5-8-19(9-6-17)33(31,32)26-11-3-4-12-26/h5-10,13,16H,3-4,11-12,14-15H2,1-2H3,(H,25,28). The van der Waals surface area contributed by atoms with Gasteiger partial charge in [-0.25, -0.2) is 8.42 Å². The van der Waals surface area contributed by atoms with Crippen LogP contribution in [0.25, 0.3) is 0 Å². The van der Waals surface area contributed by atoms with Crippen molar-refractivity contribution in [1.82, 2.24) is 14.5 Å². The Morgan fingerprint density at radius 2 is 1.61 bits per heavy atom. The largest absolute Gasteiger partial charge is 0.348 e. The van der Waals surface area contributed by atoms with Gasteiger partial charge >= 0.3 is 0 Å². The lowest BCUT2D eigenvalue weighted by Crippen LogP contribution is -2.33. The van der Waals surface area contributed by atoms with Crippen LogP contribution in [0.5, 0.6) is 0 Å². The van der Waals surface area contributed by atoms with Crippen molar-refractivity contribution in [2.75, 3.05) is 19.6 Å². The first-order valence-corrected chi connectivity index (χ1v) is 12.5. The molecule has 4 rings (SSSR count). The average Bonchev–Trinajstić information content (AvgIpc) is 3.42. The number of carbonyl (C=O) groups excluding carboxylic acids is 3. The second-order valence-corrected chi connectivity index (χ2v) is 10.8. The molecule has 0 aliphatic carbocycles. The van der Waals surface area contributed by atoms with Gasteiger partial charge in [-0.2, -0.15) is 4.31 Å². The molecule has 0 unspecified atom stereocenters. The molecule has 1 N–H and O–H groups in total. The van der Waals surface area contributed by atoms with E-state index in [1.54, 1.807) is 24.3 Å². The van der Waals surface area contributed by atoms with Gasteiger partial charge in [-0.15, -0.1) is 0 Å². The number of hydrogen-bond donors (Lipinski definition) is 1. The lowest BCUT2D eigenvalue weighted by atomic mass is 10.1. The summed E-state index contributed by atoms with van der Waals surface area (Å²) in [5.74, 6) is -0.950. The molecule has 0 spiro atoms. The molecule has 2 aromatic carbocycles. The number of benzene rings is 2. The van der Waals surface area contributed by atoms with Crippen molar-refractivity contribution in [2.45, 2.75) is 38.1 Å². The quantitative estimate of drug-likeness (QED) is 0.628.